The fraction of sp³-hybridized carbons (Fsp3) is 0.818. The Morgan fingerprint density at radius 1 is 0.667 bits per heavy atom. The van der Waals surface area contributed by atoms with Crippen molar-refractivity contribution in [2.75, 3.05) is 0 Å². The predicted molar refractivity (Wildman–Crippen MR) is 62.0 cm³/mol. The summed E-state index contributed by atoms with van der Waals surface area (Å²) >= 11 is 0. The third-order valence-corrected chi connectivity index (χ3v) is 0. The molecule has 0 amide bonds. The molecule has 3 nitrogen and oxygen atoms in total. The van der Waals surface area contributed by atoms with Crippen molar-refractivity contribution in [1.29, 1.82) is 0 Å². The molecule has 0 unspecified atom stereocenters. The Hall–Kier alpha value is 0.334. The molecule has 94 valence electrons. The maximum absolute atomic E-state index is 8.06. The van der Waals surface area contributed by atoms with Gasteiger partial charge in [-0.05, 0) is 41.5 Å². The van der Waals surface area contributed by atoms with Crippen LogP contribution in [0.25, 0.3) is 0 Å². The second-order valence-electron chi connectivity index (χ2n) is 3.28. The van der Waals surface area contributed by atoms with Gasteiger partial charge in [0.05, 0.1) is 0 Å². The maximum Gasteiger partial charge on any atom is 0.0483 e. The van der Waals surface area contributed by atoms with E-state index in [1.807, 2.05) is 0 Å². The first kappa shape index (κ1) is 29.5. The molecule has 0 fully saturated rings. The predicted octanol–water partition coefficient (Wildman–Crippen LogP) is 1.76. The zero-order valence-electron chi connectivity index (χ0n) is 10.9. The SMILES string of the molecule is CC(C)O.CC(C)O.CC(C)O.[CH-]=C.[Ti]. The number of rotatable bonds is 0. The molecule has 0 aromatic rings. The van der Waals surface area contributed by atoms with Gasteiger partial charge in [0.15, 0.2) is 0 Å². The van der Waals surface area contributed by atoms with E-state index in [9.17, 15) is 0 Å². The van der Waals surface area contributed by atoms with Crippen molar-refractivity contribution in [2.24, 2.45) is 0 Å². The van der Waals surface area contributed by atoms with Gasteiger partial charge in [0.25, 0.3) is 0 Å². The van der Waals surface area contributed by atoms with Crippen LogP contribution >= 0.6 is 0 Å². The molecule has 0 aliphatic rings. The van der Waals surface area contributed by atoms with Crippen LogP contribution in [-0.4, -0.2) is 33.6 Å². The molecule has 0 aliphatic heterocycles. The van der Waals surface area contributed by atoms with E-state index >= 15 is 0 Å². The minimum atomic E-state index is -0.167. The third kappa shape index (κ3) is 19500. The summed E-state index contributed by atoms with van der Waals surface area (Å²) in [5, 5.41) is 24.2. The Labute approximate surface area is 110 Å². The van der Waals surface area contributed by atoms with Crippen molar-refractivity contribution >= 4 is 0 Å². The van der Waals surface area contributed by atoms with Crippen LogP contribution in [0.5, 0.6) is 0 Å². The van der Waals surface area contributed by atoms with Crippen molar-refractivity contribution in [3.63, 3.8) is 0 Å². The van der Waals surface area contributed by atoms with E-state index in [0.29, 0.717) is 0 Å². The molecule has 0 atom stereocenters. The first-order chi connectivity index (χ1) is 6.20. The summed E-state index contributed by atoms with van der Waals surface area (Å²) in [6.07, 6.45) is -0.500. The third-order valence-electron chi connectivity index (χ3n) is 0. The minimum Gasteiger partial charge on any atom is -0.521 e. The Kier molecular flexibility index (Phi) is 57.5. The van der Waals surface area contributed by atoms with Gasteiger partial charge in [0, 0.05) is 40.0 Å². The monoisotopic (exact) mass is 255 g/mol. The maximum atomic E-state index is 8.06. The van der Waals surface area contributed by atoms with Gasteiger partial charge >= 0.3 is 0 Å². The molecule has 0 aliphatic carbocycles. The topological polar surface area (TPSA) is 60.7 Å². The fourth-order valence-corrected chi connectivity index (χ4v) is 0. The van der Waals surface area contributed by atoms with Crippen LogP contribution in [0.15, 0.2) is 6.58 Å². The summed E-state index contributed by atoms with van der Waals surface area (Å²) in [5.74, 6) is 0. The van der Waals surface area contributed by atoms with Gasteiger partial charge in [0.2, 0.25) is 0 Å². The summed E-state index contributed by atoms with van der Waals surface area (Å²) in [4.78, 5) is 0. The number of aliphatic hydroxyl groups excluding tert-OH is 3. The van der Waals surface area contributed by atoms with E-state index in [1.165, 1.54) is 0 Å². The summed E-state index contributed by atoms with van der Waals surface area (Å²) in [6.45, 7) is 17.3. The molecule has 15 heavy (non-hydrogen) atoms. The van der Waals surface area contributed by atoms with E-state index in [-0.39, 0.29) is 40.0 Å². The van der Waals surface area contributed by atoms with Crippen LogP contribution in [0.4, 0.5) is 0 Å². The van der Waals surface area contributed by atoms with Gasteiger partial charge in [-0.15, -0.1) is 0 Å². The minimum absolute atomic E-state index is 0. The van der Waals surface area contributed by atoms with Crippen LogP contribution < -0.4 is 0 Å². The first-order valence-electron chi connectivity index (χ1n) is 4.65. The Morgan fingerprint density at radius 3 is 0.667 bits per heavy atom. The van der Waals surface area contributed by atoms with Crippen LogP contribution in [0, 0.1) is 6.58 Å². The van der Waals surface area contributed by atoms with E-state index in [4.69, 9.17) is 15.3 Å². The van der Waals surface area contributed by atoms with E-state index in [0.717, 1.165) is 0 Å². The molecule has 0 rings (SSSR count). The molecule has 4 heteroatoms. The molecule has 0 spiro atoms. The second kappa shape index (κ2) is 29.3. The Bertz CT molecular complexity index is 53.7. The largest absolute Gasteiger partial charge is 0.521 e. The molecule has 0 aromatic carbocycles. The zero-order valence-corrected chi connectivity index (χ0v) is 12.4. The summed E-state index contributed by atoms with van der Waals surface area (Å²) in [5.41, 5.74) is 0. The van der Waals surface area contributed by atoms with Crippen LogP contribution in [0.1, 0.15) is 41.5 Å². The first-order valence-corrected chi connectivity index (χ1v) is 4.65. The van der Waals surface area contributed by atoms with E-state index in [1.54, 1.807) is 41.5 Å². The quantitative estimate of drug-likeness (QED) is 0.456. The standard InChI is InChI=1S/3C3H8O.C2H3.Ti/c3*1-3(2)4;1-2;/h3*3-4H,1-2H3;1H,2H2;/q;;;-1;. The average Bonchev–Trinajstić information content (AvgIpc) is 1.86. The number of hydrogen-bond donors (Lipinski definition) is 3. The summed E-state index contributed by atoms with van der Waals surface area (Å²) in [7, 11) is 0. The van der Waals surface area contributed by atoms with Crippen molar-refractivity contribution in [2.45, 2.75) is 59.9 Å². The van der Waals surface area contributed by atoms with Gasteiger partial charge in [-0.1, -0.05) is 0 Å². The summed E-state index contributed by atoms with van der Waals surface area (Å²) < 4.78 is 0. The fourth-order valence-electron chi connectivity index (χ4n) is 0. The van der Waals surface area contributed by atoms with Crippen molar-refractivity contribution in [3.05, 3.63) is 13.2 Å². The van der Waals surface area contributed by atoms with Gasteiger partial charge in [0.1, 0.15) is 0 Å². The molecular formula is C11H27O3Ti-. The molecule has 0 aromatic heterocycles. The normalized spacial score (nSPS) is 7.47. The average molecular weight is 255 g/mol. The molecule has 0 heterocycles. The van der Waals surface area contributed by atoms with E-state index in [2.05, 4.69) is 13.2 Å². The van der Waals surface area contributed by atoms with Gasteiger partial charge in [-0.2, -0.15) is 0 Å². The Morgan fingerprint density at radius 2 is 0.667 bits per heavy atom. The zero-order chi connectivity index (χ0) is 12.7. The van der Waals surface area contributed by atoms with Gasteiger partial charge in [-0.3, -0.25) is 6.58 Å². The van der Waals surface area contributed by atoms with Crippen molar-refractivity contribution in [3.8, 4) is 0 Å². The summed E-state index contributed by atoms with van der Waals surface area (Å²) in [6, 6.07) is 0. The number of hydrogen-bond acceptors (Lipinski definition) is 3. The molecule has 0 saturated carbocycles. The second-order valence-corrected chi connectivity index (χ2v) is 3.28. The van der Waals surface area contributed by atoms with Crippen LogP contribution in [-0.2, 0) is 21.7 Å². The van der Waals surface area contributed by atoms with Crippen LogP contribution in [0.2, 0.25) is 0 Å². The molecule has 0 radical (unpaired) electrons. The number of aliphatic hydroxyl groups is 3. The van der Waals surface area contributed by atoms with Crippen molar-refractivity contribution in [1.82, 2.24) is 0 Å². The van der Waals surface area contributed by atoms with Gasteiger partial charge in [-0.25, -0.2) is 0 Å². The Balaban J connectivity index is -0.0000000298. The molecule has 3 N–H and O–H groups in total. The molecular weight excluding hydrogens is 228 g/mol. The van der Waals surface area contributed by atoms with Crippen molar-refractivity contribution < 1.29 is 37.0 Å². The van der Waals surface area contributed by atoms with Gasteiger partial charge < -0.3 is 21.9 Å². The van der Waals surface area contributed by atoms with Crippen LogP contribution in [0.3, 0.4) is 0 Å². The van der Waals surface area contributed by atoms with E-state index < -0.39 is 0 Å². The molecule has 0 bridgehead atoms. The smallest absolute Gasteiger partial charge is 0.0483 e. The molecule has 0 saturated heterocycles.